The Morgan fingerprint density at radius 1 is 1.00 bits per heavy atom. The van der Waals surface area contributed by atoms with Gasteiger partial charge in [-0.05, 0) is 34.6 Å². The Morgan fingerprint density at radius 2 is 1.50 bits per heavy atom. The number of carbonyl (C=O) groups excluding carboxylic acids is 2. The summed E-state index contributed by atoms with van der Waals surface area (Å²) in [5.41, 5.74) is 9.57. The van der Waals surface area contributed by atoms with Crippen molar-refractivity contribution in [3.63, 3.8) is 0 Å². The van der Waals surface area contributed by atoms with Crippen LogP contribution in [0.4, 0.5) is 0 Å². The molecule has 0 aliphatic heterocycles. The van der Waals surface area contributed by atoms with Gasteiger partial charge in [-0.3, -0.25) is 9.59 Å². The van der Waals surface area contributed by atoms with Gasteiger partial charge in [0.1, 0.15) is 6.04 Å². The zero-order chi connectivity index (χ0) is 17.3. The number of hydrogen-bond donors (Lipinski definition) is 2. The fourth-order valence-corrected chi connectivity index (χ4v) is 3.41. The number of amides is 2. The normalized spacial score (nSPS) is 14.1. The first kappa shape index (κ1) is 16.2. The number of rotatable bonds is 5. The molecule has 0 saturated heterocycles. The summed E-state index contributed by atoms with van der Waals surface area (Å²) in [6.07, 6.45) is 0.539. The Labute approximate surface area is 142 Å². The molecule has 2 amide bonds. The van der Waals surface area contributed by atoms with Crippen LogP contribution in [0, 0.1) is 5.92 Å². The minimum atomic E-state index is -0.641. The van der Waals surface area contributed by atoms with Crippen LogP contribution in [-0.4, -0.2) is 17.9 Å². The van der Waals surface area contributed by atoms with Crippen molar-refractivity contribution >= 4 is 11.8 Å². The van der Waals surface area contributed by atoms with Gasteiger partial charge in [0.05, 0.1) is 5.92 Å². The number of primary amides is 1. The molecule has 24 heavy (non-hydrogen) atoms. The van der Waals surface area contributed by atoms with Crippen LogP contribution in [-0.2, 0) is 9.59 Å². The molecule has 0 radical (unpaired) electrons. The maximum Gasteiger partial charge on any atom is 0.240 e. The second-order valence-corrected chi connectivity index (χ2v) is 6.70. The third-order valence-electron chi connectivity index (χ3n) is 4.46. The molecule has 4 nitrogen and oxygen atoms in total. The fourth-order valence-electron chi connectivity index (χ4n) is 3.41. The Hall–Kier alpha value is -2.62. The first-order valence-corrected chi connectivity index (χ1v) is 8.27. The molecule has 0 heterocycles. The highest BCUT2D eigenvalue weighted by atomic mass is 16.2. The van der Waals surface area contributed by atoms with Crippen molar-refractivity contribution in [2.45, 2.75) is 32.2 Å². The molecule has 2 aromatic rings. The molecule has 4 heteroatoms. The van der Waals surface area contributed by atoms with Crippen LogP contribution < -0.4 is 11.1 Å². The molecule has 1 aliphatic carbocycles. The lowest BCUT2D eigenvalue weighted by Gasteiger charge is -2.21. The molecule has 3 rings (SSSR count). The van der Waals surface area contributed by atoms with E-state index >= 15 is 0 Å². The molecule has 1 atom stereocenters. The fraction of sp³-hybridized carbons (Fsp3) is 0.300. The van der Waals surface area contributed by atoms with Crippen molar-refractivity contribution in [1.29, 1.82) is 0 Å². The van der Waals surface area contributed by atoms with E-state index in [1.54, 1.807) is 0 Å². The summed E-state index contributed by atoms with van der Waals surface area (Å²) in [6, 6.07) is 15.2. The molecule has 3 N–H and O–H groups in total. The van der Waals surface area contributed by atoms with Crippen LogP contribution >= 0.6 is 0 Å². The van der Waals surface area contributed by atoms with Crippen LogP contribution in [0.15, 0.2) is 48.5 Å². The highest BCUT2D eigenvalue weighted by Crippen LogP contribution is 2.44. The highest BCUT2D eigenvalue weighted by molar-refractivity contribution is 5.98. The standard InChI is InChI=1S/C20H22N2O2/c1-12(2)11-17(19(21)23)22-20(24)18-15-9-5-3-7-13(15)14-8-4-6-10-16(14)18/h3-10,12,17-18H,11H2,1-2H3,(H2,21,23)(H,22,24)/t17-/m0/s1. The van der Waals surface area contributed by atoms with Gasteiger partial charge in [0, 0.05) is 0 Å². The molecule has 0 unspecified atom stereocenters. The lowest BCUT2D eigenvalue weighted by atomic mass is 9.95. The zero-order valence-corrected chi connectivity index (χ0v) is 14.0. The van der Waals surface area contributed by atoms with Gasteiger partial charge in [-0.25, -0.2) is 0 Å². The van der Waals surface area contributed by atoms with Gasteiger partial charge in [0.25, 0.3) is 0 Å². The van der Waals surface area contributed by atoms with Crippen LogP contribution in [0.25, 0.3) is 11.1 Å². The number of fused-ring (bicyclic) bond motifs is 3. The third-order valence-corrected chi connectivity index (χ3v) is 4.46. The number of nitrogens with one attached hydrogen (secondary N) is 1. The average molecular weight is 322 g/mol. The first-order chi connectivity index (χ1) is 11.5. The summed E-state index contributed by atoms with van der Waals surface area (Å²) < 4.78 is 0. The van der Waals surface area contributed by atoms with E-state index in [2.05, 4.69) is 5.32 Å². The molecule has 0 bridgehead atoms. The van der Waals surface area contributed by atoms with Crippen LogP contribution in [0.5, 0.6) is 0 Å². The minimum Gasteiger partial charge on any atom is -0.368 e. The third kappa shape index (κ3) is 2.92. The molecule has 0 aromatic heterocycles. The monoisotopic (exact) mass is 322 g/mol. The van der Waals surface area contributed by atoms with Crippen molar-refractivity contribution < 1.29 is 9.59 Å². The predicted molar refractivity (Wildman–Crippen MR) is 94.3 cm³/mol. The molecule has 2 aromatic carbocycles. The maximum atomic E-state index is 12.9. The Kier molecular flexibility index (Phi) is 4.38. The van der Waals surface area contributed by atoms with Gasteiger partial charge in [-0.1, -0.05) is 62.4 Å². The zero-order valence-electron chi connectivity index (χ0n) is 14.0. The largest absolute Gasteiger partial charge is 0.368 e. The highest BCUT2D eigenvalue weighted by Gasteiger charge is 2.34. The Morgan fingerprint density at radius 3 is 1.96 bits per heavy atom. The number of benzene rings is 2. The van der Waals surface area contributed by atoms with E-state index in [1.807, 2.05) is 62.4 Å². The van der Waals surface area contributed by atoms with E-state index in [4.69, 9.17) is 5.73 Å². The van der Waals surface area contributed by atoms with Gasteiger partial charge in [0.15, 0.2) is 0 Å². The SMILES string of the molecule is CC(C)C[C@H](NC(=O)C1c2ccccc2-c2ccccc21)C(N)=O. The summed E-state index contributed by atoms with van der Waals surface area (Å²) in [4.78, 5) is 24.6. The topological polar surface area (TPSA) is 72.2 Å². The minimum absolute atomic E-state index is 0.170. The predicted octanol–water partition coefficient (Wildman–Crippen LogP) is 2.82. The van der Waals surface area contributed by atoms with E-state index in [1.165, 1.54) is 0 Å². The van der Waals surface area contributed by atoms with Crippen LogP contribution in [0.2, 0.25) is 0 Å². The van der Waals surface area contributed by atoms with E-state index in [-0.39, 0.29) is 11.8 Å². The summed E-state index contributed by atoms with van der Waals surface area (Å²) >= 11 is 0. The molecule has 0 spiro atoms. The van der Waals surface area contributed by atoms with E-state index in [9.17, 15) is 9.59 Å². The summed E-state index contributed by atoms with van der Waals surface area (Å²) in [5, 5.41) is 2.86. The van der Waals surface area contributed by atoms with Crippen molar-refractivity contribution in [2.24, 2.45) is 11.7 Å². The smallest absolute Gasteiger partial charge is 0.240 e. The maximum absolute atomic E-state index is 12.9. The van der Waals surface area contributed by atoms with Gasteiger partial charge >= 0.3 is 0 Å². The summed E-state index contributed by atoms with van der Waals surface area (Å²) in [6.45, 7) is 4.00. The van der Waals surface area contributed by atoms with Gasteiger partial charge in [-0.15, -0.1) is 0 Å². The van der Waals surface area contributed by atoms with E-state index < -0.39 is 17.9 Å². The van der Waals surface area contributed by atoms with Gasteiger partial charge < -0.3 is 11.1 Å². The first-order valence-electron chi connectivity index (χ1n) is 8.27. The van der Waals surface area contributed by atoms with Crippen LogP contribution in [0.1, 0.15) is 37.3 Å². The number of nitrogens with two attached hydrogens (primary N) is 1. The van der Waals surface area contributed by atoms with Gasteiger partial charge in [-0.2, -0.15) is 0 Å². The summed E-state index contributed by atoms with van der Waals surface area (Å²) in [7, 11) is 0. The van der Waals surface area contributed by atoms with Crippen LogP contribution in [0.3, 0.4) is 0 Å². The number of hydrogen-bond acceptors (Lipinski definition) is 2. The quantitative estimate of drug-likeness (QED) is 0.888. The summed E-state index contributed by atoms with van der Waals surface area (Å²) in [5.74, 6) is -0.786. The van der Waals surface area contributed by atoms with Gasteiger partial charge in [0.2, 0.25) is 11.8 Å². The number of carbonyl (C=O) groups is 2. The molecule has 0 saturated carbocycles. The van der Waals surface area contributed by atoms with Crippen molar-refractivity contribution in [3.8, 4) is 11.1 Å². The average Bonchev–Trinajstić information content (AvgIpc) is 2.88. The second-order valence-electron chi connectivity index (χ2n) is 6.70. The molecular formula is C20H22N2O2. The molecular weight excluding hydrogens is 300 g/mol. The Balaban J connectivity index is 1.94. The van der Waals surface area contributed by atoms with Crippen molar-refractivity contribution in [3.05, 3.63) is 59.7 Å². The van der Waals surface area contributed by atoms with Crippen molar-refractivity contribution in [1.82, 2.24) is 5.32 Å². The Bertz CT molecular complexity index is 737. The lowest BCUT2D eigenvalue weighted by Crippen LogP contribution is -2.46. The van der Waals surface area contributed by atoms with E-state index in [0.29, 0.717) is 6.42 Å². The lowest BCUT2D eigenvalue weighted by molar-refractivity contribution is -0.128. The molecule has 1 aliphatic rings. The molecule has 124 valence electrons. The second kappa shape index (κ2) is 6.48. The van der Waals surface area contributed by atoms with E-state index in [0.717, 1.165) is 22.3 Å². The molecule has 0 fully saturated rings. The van der Waals surface area contributed by atoms with Crippen molar-refractivity contribution in [2.75, 3.05) is 0 Å².